The molecule has 0 aromatic heterocycles. The zero-order valence-electron chi connectivity index (χ0n) is 15.4. The van der Waals surface area contributed by atoms with Crippen molar-refractivity contribution < 1.29 is 17.9 Å². The van der Waals surface area contributed by atoms with E-state index < -0.39 is 10.0 Å². The molecule has 0 saturated carbocycles. The highest BCUT2D eigenvalue weighted by molar-refractivity contribution is 7.89. The van der Waals surface area contributed by atoms with E-state index in [2.05, 4.69) is 5.32 Å². The second-order valence-electron chi connectivity index (χ2n) is 6.14. The third-order valence-corrected chi connectivity index (χ3v) is 5.91. The van der Waals surface area contributed by atoms with Gasteiger partial charge in [-0.1, -0.05) is 29.8 Å². The van der Waals surface area contributed by atoms with E-state index in [-0.39, 0.29) is 23.4 Å². The number of nitrogens with zero attached hydrogens (tertiary/aromatic N) is 1. The average Bonchev–Trinajstić information content (AvgIpc) is 2.62. The Morgan fingerprint density at radius 3 is 2.23 bits per heavy atom. The highest BCUT2D eigenvalue weighted by atomic mass is 32.2. The molecule has 0 fully saturated rings. The molecule has 0 bridgehead atoms. The number of carbonyl (C=O) groups is 1. The fourth-order valence-corrected chi connectivity index (χ4v) is 3.57. The molecule has 26 heavy (non-hydrogen) atoms. The molecule has 6 nitrogen and oxygen atoms in total. The highest BCUT2D eigenvalue weighted by Gasteiger charge is 2.23. The van der Waals surface area contributed by atoms with E-state index in [1.54, 1.807) is 12.1 Å². The molecule has 0 unspecified atom stereocenters. The maximum Gasteiger partial charge on any atom is 0.243 e. The summed E-state index contributed by atoms with van der Waals surface area (Å²) < 4.78 is 31.2. The van der Waals surface area contributed by atoms with Crippen molar-refractivity contribution in [3.05, 3.63) is 59.7 Å². The van der Waals surface area contributed by atoms with Crippen LogP contribution in [0.4, 0.5) is 0 Å². The number of hydrogen-bond acceptors (Lipinski definition) is 4. The molecular formula is C19H24N2O4S. The monoisotopic (exact) mass is 376 g/mol. The van der Waals surface area contributed by atoms with E-state index in [0.717, 1.165) is 15.4 Å². The quantitative estimate of drug-likeness (QED) is 0.806. The number of amides is 1. The maximum absolute atomic E-state index is 12.6. The van der Waals surface area contributed by atoms with E-state index in [1.165, 1.54) is 26.3 Å². The Hall–Kier alpha value is -2.38. The lowest BCUT2D eigenvalue weighted by atomic mass is 10.1. The van der Waals surface area contributed by atoms with Gasteiger partial charge >= 0.3 is 0 Å². The van der Waals surface area contributed by atoms with Crippen LogP contribution in [0.2, 0.25) is 0 Å². The number of likely N-dealkylation sites (N-methyl/N-ethyl adjacent to an activating group) is 1. The Morgan fingerprint density at radius 2 is 1.69 bits per heavy atom. The van der Waals surface area contributed by atoms with Crippen LogP contribution >= 0.6 is 0 Å². The smallest absolute Gasteiger partial charge is 0.243 e. The van der Waals surface area contributed by atoms with Crippen LogP contribution in [0.15, 0.2) is 53.4 Å². The minimum absolute atomic E-state index is 0.111. The van der Waals surface area contributed by atoms with E-state index in [9.17, 15) is 13.2 Å². The summed E-state index contributed by atoms with van der Waals surface area (Å²) in [5.41, 5.74) is 2.10. The first-order chi connectivity index (χ1) is 12.2. The molecule has 0 spiro atoms. The van der Waals surface area contributed by atoms with E-state index in [1.807, 2.05) is 38.1 Å². The van der Waals surface area contributed by atoms with Crippen LogP contribution in [0, 0.1) is 6.92 Å². The van der Waals surface area contributed by atoms with Gasteiger partial charge in [-0.3, -0.25) is 4.79 Å². The topological polar surface area (TPSA) is 75.7 Å². The summed E-state index contributed by atoms with van der Waals surface area (Å²) in [6.07, 6.45) is 0. The number of methoxy groups -OCH3 is 1. The van der Waals surface area contributed by atoms with Gasteiger partial charge in [0.1, 0.15) is 5.75 Å². The molecule has 0 radical (unpaired) electrons. The predicted molar refractivity (Wildman–Crippen MR) is 101 cm³/mol. The molecule has 0 aliphatic rings. The second kappa shape index (κ2) is 8.33. The van der Waals surface area contributed by atoms with Crippen molar-refractivity contribution >= 4 is 15.9 Å². The number of aryl methyl sites for hydroxylation is 1. The van der Waals surface area contributed by atoms with Gasteiger partial charge in [-0.2, -0.15) is 4.31 Å². The van der Waals surface area contributed by atoms with Gasteiger partial charge in [-0.05, 0) is 43.7 Å². The number of rotatable bonds is 7. The Bertz CT molecular complexity index is 846. The van der Waals surface area contributed by atoms with Gasteiger partial charge in [0.05, 0.1) is 24.6 Å². The predicted octanol–water partition coefficient (Wildman–Crippen LogP) is 2.50. The second-order valence-corrected chi connectivity index (χ2v) is 8.18. The van der Waals surface area contributed by atoms with Crippen LogP contribution in [0.1, 0.15) is 24.1 Å². The van der Waals surface area contributed by atoms with E-state index in [0.29, 0.717) is 5.75 Å². The van der Waals surface area contributed by atoms with E-state index in [4.69, 9.17) is 4.74 Å². The molecular weight excluding hydrogens is 352 g/mol. The number of ether oxygens (including phenoxy) is 1. The number of sulfonamides is 1. The lowest BCUT2D eigenvalue weighted by Gasteiger charge is -2.19. The molecule has 140 valence electrons. The lowest BCUT2D eigenvalue weighted by Crippen LogP contribution is -2.39. The van der Waals surface area contributed by atoms with Gasteiger partial charge in [-0.25, -0.2) is 8.42 Å². The number of hydrogen-bond donors (Lipinski definition) is 1. The van der Waals surface area contributed by atoms with Crippen LogP contribution in [-0.2, 0) is 14.8 Å². The van der Waals surface area contributed by atoms with Crippen molar-refractivity contribution in [3.63, 3.8) is 0 Å². The molecule has 2 rings (SSSR count). The zero-order valence-corrected chi connectivity index (χ0v) is 16.2. The van der Waals surface area contributed by atoms with Gasteiger partial charge in [0.15, 0.2) is 0 Å². The minimum atomic E-state index is -3.75. The van der Waals surface area contributed by atoms with Crippen molar-refractivity contribution in [2.24, 2.45) is 0 Å². The van der Waals surface area contributed by atoms with Gasteiger partial charge in [0, 0.05) is 7.05 Å². The van der Waals surface area contributed by atoms with Crippen molar-refractivity contribution in [3.8, 4) is 5.75 Å². The fourth-order valence-electron chi connectivity index (χ4n) is 2.44. The molecule has 0 aliphatic heterocycles. The summed E-state index contributed by atoms with van der Waals surface area (Å²) in [4.78, 5) is 12.4. The van der Waals surface area contributed by atoms with Crippen LogP contribution < -0.4 is 10.1 Å². The minimum Gasteiger partial charge on any atom is -0.497 e. The third kappa shape index (κ3) is 4.83. The molecule has 1 amide bonds. The van der Waals surface area contributed by atoms with Crippen molar-refractivity contribution in [2.75, 3.05) is 20.7 Å². The van der Waals surface area contributed by atoms with Crippen molar-refractivity contribution in [2.45, 2.75) is 24.8 Å². The molecule has 1 atom stereocenters. The first kappa shape index (κ1) is 19.9. The Kier molecular flexibility index (Phi) is 6.39. The third-order valence-electron chi connectivity index (χ3n) is 4.09. The fraction of sp³-hybridized carbons (Fsp3) is 0.316. The van der Waals surface area contributed by atoms with Crippen molar-refractivity contribution in [1.29, 1.82) is 0 Å². The average molecular weight is 376 g/mol. The summed E-state index contributed by atoms with van der Waals surface area (Å²) in [5.74, 6) is 0.203. The molecule has 0 aliphatic carbocycles. The summed E-state index contributed by atoms with van der Waals surface area (Å²) in [6.45, 7) is 3.59. The van der Waals surface area contributed by atoms with Gasteiger partial charge in [-0.15, -0.1) is 0 Å². The molecule has 0 heterocycles. The molecule has 2 aromatic carbocycles. The summed E-state index contributed by atoms with van der Waals surface area (Å²) in [6, 6.07) is 13.7. The Morgan fingerprint density at radius 1 is 1.12 bits per heavy atom. The molecule has 2 aromatic rings. The largest absolute Gasteiger partial charge is 0.497 e. The summed E-state index contributed by atoms with van der Waals surface area (Å²) >= 11 is 0. The first-order valence-corrected chi connectivity index (χ1v) is 9.64. The van der Waals surface area contributed by atoms with Crippen LogP contribution in [-0.4, -0.2) is 39.3 Å². The van der Waals surface area contributed by atoms with Gasteiger partial charge in [0.25, 0.3) is 0 Å². The number of benzene rings is 2. The molecule has 1 N–H and O–H groups in total. The van der Waals surface area contributed by atoms with Gasteiger partial charge in [0.2, 0.25) is 15.9 Å². The zero-order chi connectivity index (χ0) is 19.3. The Balaban J connectivity index is 2.01. The highest BCUT2D eigenvalue weighted by Crippen LogP contribution is 2.18. The normalized spacial score (nSPS) is 12.7. The molecule has 7 heteroatoms. The SMILES string of the molecule is COc1ccc(S(=O)(=O)N(C)CC(=O)N[C@H](C)c2ccc(C)cc2)cc1. The van der Waals surface area contributed by atoms with Crippen LogP contribution in [0.5, 0.6) is 5.75 Å². The number of nitrogens with one attached hydrogen (secondary N) is 1. The van der Waals surface area contributed by atoms with Gasteiger partial charge < -0.3 is 10.1 Å². The Labute approximate surface area is 154 Å². The summed E-state index contributed by atoms with van der Waals surface area (Å²) in [5, 5.41) is 2.82. The van der Waals surface area contributed by atoms with E-state index >= 15 is 0 Å². The maximum atomic E-state index is 12.6. The standard InChI is InChI=1S/C19H24N2O4S/c1-14-5-7-16(8-6-14)15(2)20-19(22)13-21(3)26(23,24)18-11-9-17(25-4)10-12-18/h5-12,15H,13H2,1-4H3,(H,20,22)/t15-/m1/s1. The lowest BCUT2D eigenvalue weighted by molar-refractivity contribution is -0.121. The van der Waals surface area contributed by atoms with Crippen molar-refractivity contribution in [1.82, 2.24) is 9.62 Å². The summed E-state index contributed by atoms with van der Waals surface area (Å²) in [7, 11) is -0.854. The molecule has 0 saturated heterocycles. The number of carbonyl (C=O) groups excluding carboxylic acids is 1. The van der Waals surface area contributed by atoms with Crippen LogP contribution in [0.3, 0.4) is 0 Å². The van der Waals surface area contributed by atoms with Crippen LogP contribution in [0.25, 0.3) is 0 Å². The first-order valence-electron chi connectivity index (χ1n) is 8.20.